The molecule has 1 N–H and O–H groups in total. The fourth-order valence-corrected chi connectivity index (χ4v) is 2.57. The Hall–Kier alpha value is -2.62. The van der Waals surface area contributed by atoms with E-state index in [1.165, 1.54) is 5.56 Å². The number of rotatable bonds is 5. The molecule has 138 valence electrons. The number of nitrogens with one attached hydrogen (secondary N) is 1. The molecule has 0 unspecified atom stereocenters. The van der Waals surface area contributed by atoms with Crippen molar-refractivity contribution in [3.8, 4) is 0 Å². The summed E-state index contributed by atoms with van der Waals surface area (Å²) in [4.78, 5) is 26.0. The summed E-state index contributed by atoms with van der Waals surface area (Å²) in [5.74, 6) is -0.355. The van der Waals surface area contributed by atoms with Crippen molar-refractivity contribution in [2.24, 2.45) is 0 Å². The Morgan fingerprint density at radius 2 is 1.54 bits per heavy atom. The van der Waals surface area contributed by atoms with E-state index < -0.39 is 0 Å². The number of amides is 2. The normalized spacial score (nSPS) is 11.1. The third kappa shape index (κ3) is 5.45. The van der Waals surface area contributed by atoms with Gasteiger partial charge in [0.15, 0.2) is 0 Å². The lowest BCUT2D eigenvalue weighted by Gasteiger charge is -2.21. The molecule has 0 aromatic heterocycles. The van der Waals surface area contributed by atoms with Gasteiger partial charge in [-0.1, -0.05) is 62.7 Å². The van der Waals surface area contributed by atoms with Gasteiger partial charge >= 0.3 is 0 Å². The SMILES string of the molecule is Cc1ccc(C(=O)NCC(=O)N(C)Cc2ccc(C(C)(C)C)cc2)cc1. The molecule has 26 heavy (non-hydrogen) atoms. The average Bonchev–Trinajstić information content (AvgIpc) is 2.59. The number of benzene rings is 2. The van der Waals surface area contributed by atoms with Gasteiger partial charge in [0.2, 0.25) is 5.91 Å². The van der Waals surface area contributed by atoms with Gasteiger partial charge in [-0.05, 0) is 35.6 Å². The Kier molecular flexibility index (Phi) is 6.19. The molecule has 0 radical (unpaired) electrons. The van der Waals surface area contributed by atoms with Gasteiger partial charge in [0.1, 0.15) is 0 Å². The minimum absolute atomic E-state index is 0.0106. The number of nitrogens with zero attached hydrogens (tertiary/aromatic N) is 1. The number of hydrogen-bond donors (Lipinski definition) is 1. The molecule has 0 atom stereocenters. The first-order valence-electron chi connectivity index (χ1n) is 8.85. The summed E-state index contributed by atoms with van der Waals surface area (Å²) in [6.07, 6.45) is 0. The van der Waals surface area contributed by atoms with Crippen molar-refractivity contribution in [1.29, 1.82) is 0 Å². The van der Waals surface area contributed by atoms with Crippen LogP contribution in [0.15, 0.2) is 48.5 Å². The van der Waals surface area contributed by atoms with Crippen LogP contribution < -0.4 is 5.32 Å². The first-order chi connectivity index (χ1) is 12.2. The van der Waals surface area contributed by atoms with Gasteiger partial charge in [-0.3, -0.25) is 9.59 Å². The zero-order valence-electron chi connectivity index (χ0n) is 16.3. The molecule has 2 aromatic rings. The minimum Gasteiger partial charge on any atom is -0.343 e. The van der Waals surface area contributed by atoms with Gasteiger partial charge in [0.05, 0.1) is 6.54 Å². The quantitative estimate of drug-likeness (QED) is 0.892. The molecule has 4 nitrogen and oxygen atoms in total. The first-order valence-corrected chi connectivity index (χ1v) is 8.85. The zero-order valence-corrected chi connectivity index (χ0v) is 16.3. The van der Waals surface area contributed by atoms with Gasteiger partial charge in [0.25, 0.3) is 5.91 Å². The predicted octanol–water partition coefficient (Wildman–Crippen LogP) is 3.68. The van der Waals surface area contributed by atoms with Crippen molar-refractivity contribution >= 4 is 11.8 Å². The van der Waals surface area contributed by atoms with E-state index >= 15 is 0 Å². The minimum atomic E-state index is -0.235. The predicted molar refractivity (Wildman–Crippen MR) is 105 cm³/mol. The van der Waals surface area contributed by atoms with Gasteiger partial charge in [0, 0.05) is 19.2 Å². The number of aryl methyl sites for hydroxylation is 1. The number of carbonyl (C=O) groups excluding carboxylic acids is 2. The zero-order chi connectivity index (χ0) is 19.3. The molecule has 2 aromatic carbocycles. The van der Waals surface area contributed by atoms with Crippen LogP contribution in [0.5, 0.6) is 0 Å². The van der Waals surface area contributed by atoms with Crippen LogP contribution in [0.4, 0.5) is 0 Å². The van der Waals surface area contributed by atoms with Crippen LogP contribution in [-0.2, 0) is 16.8 Å². The maximum Gasteiger partial charge on any atom is 0.251 e. The second-order valence-electron chi connectivity index (χ2n) is 7.75. The number of likely N-dealkylation sites (N-methyl/N-ethyl adjacent to an activating group) is 1. The first kappa shape index (κ1) is 19.7. The molecule has 2 amide bonds. The van der Waals surface area contributed by atoms with Crippen LogP contribution in [0.3, 0.4) is 0 Å². The highest BCUT2D eigenvalue weighted by atomic mass is 16.2. The molecule has 0 fully saturated rings. The molecule has 0 bridgehead atoms. The summed E-state index contributed by atoms with van der Waals surface area (Å²) >= 11 is 0. The highest BCUT2D eigenvalue weighted by Crippen LogP contribution is 2.22. The van der Waals surface area contributed by atoms with E-state index in [0.29, 0.717) is 12.1 Å². The molecule has 0 aliphatic carbocycles. The van der Waals surface area contributed by atoms with Crippen LogP contribution in [0.25, 0.3) is 0 Å². The average molecular weight is 352 g/mol. The third-order valence-electron chi connectivity index (χ3n) is 4.38. The van der Waals surface area contributed by atoms with Gasteiger partial charge in [-0.25, -0.2) is 0 Å². The van der Waals surface area contributed by atoms with E-state index in [1.54, 1.807) is 24.1 Å². The van der Waals surface area contributed by atoms with Crippen LogP contribution in [-0.4, -0.2) is 30.3 Å². The van der Waals surface area contributed by atoms with Crippen molar-refractivity contribution in [3.05, 3.63) is 70.8 Å². The standard InChI is InChI=1S/C22H28N2O2/c1-16-6-10-18(11-7-16)21(26)23-14-20(25)24(5)15-17-8-12-19(13-9-17)22(2,3)4/h6-13H,14-15H2,1-5H3,(H,23,26). The molecule has 0 aliphatic rings. The fourth-order valence-electron chi connectivity index (χ4n) is 2.57. The Morgan fingerprint density at radius 1 is 0.962 bits per heavy atom. The monoisotopic (exact) mass is 352 g/mol. The van der Waals surface area contributed by atoms with Crippen LogP contribution >= 0.6 is 0 Å². The Morgan fingerprint density at radius 3 is 2.08 bits per heavy atom. The molecule has 0 aliphatic heterocycles. The maximum atomic E-state index is 12.3. The molecule has 2 rings (SSSR count). The summed E-state index contributed by atoms with van der Waals surface area (Å²) in [7, 11) is 1.75. The molecule has 0 heterocycles. The topological polar surface area (TPSA) is 49.4 Å². The maximum absolute atomic E-state index is 12.3. The largest absolute Gasteiger partial charge is 0.343 e. The summed E-state index contributed by atoms with van der Waals surface area (Å²) in [5.41, 5.74) is 4.10. The smallest absolute Gasteiger partial charge is 0.251 e. The van der Waals surface area contributed by atoms with E-state index in [9.17, 15) is 9.59 Å². The molecule has 0 saturated heterocycles. The van der Waals surface area contributed by atoms with Gasteiger partial charge < -0.3 is 10.2 Å². The van der Waals surface area contributed by atoms with Crippen LogP contribution in [0, 0.1) is 6.92 Å². The number of hydrogen-bond acceptors (Lipinski definition) is 2. The van der Waals surface area contributed by atoms with Crippen LogP contribution in [0.2, 0.25) is 0 Å². The lowest BCUT2D eigenvalue weighted by Crippen LogP contribution is -2.37. The molecular formula is C22H28N2O2. The molecule has 0 spiro atoms. The van der Waals surface area contributed by atoms with E-state index in [0.717, 1.165) is 11.1 Å². The Labute approximate surface area is 156 Å². The number of carbonyl (C=O) groups is 2. The highest BCUT2D eigenvalue weighted by molar-refractivity contribution is 5.96. The van der Waals surface area contributed by atoms with Crippen molar-refractivity contribution in [2.45, 2.75) is 39.7 Å². The van der Waals surface area contributed by atoms with E-state index in [-0.39, 0.29) is 23.8 Å². The molecule has 0 saturated carbocycles. The van der Waals surface area contributed by atoms with Crippen LogP contribution in [0.1, 0.15) is 47.8 Å². The fraction of sp³-hybridized carbons (Fsp3) is 0.364. The van der Waals surface area contributed by atoms with E-state index in [1.807, 2.05) is 19.1 Å². The lowest BCUT2D eigenvalue weighted by molar-refractivity contribution is -0.129. The van der Waals surface area contributed by atoms with Crippen molar-refractivity contribution in [3.63, 3.8) is 0 Å². The Balaban J connectivity index is 1.87. The van der Waals surface area contributed by atoms with Crippen molar-refractivity contribution in [1.82, 2.24) is 10.2 Å². The van der Waals surface area contributed by atoms with Crippen molar-refractivity contribution < 1.29 is 9.59 Å². The summed E-state index contributed by atoms with van der Waals surface area (Å²) in [5, 5.41) is 2.68. The third-order valence-corrected chi connectivity index (χ3v) is 4.38. The van der Waals surface area contributed by atoms with Gasteiger partial charge in [-0.15, -0.1) is 0 Å². The summed E-state index contributed by atoms with van der Waals surface area (Å²) in [6.45, 7) is 9.00. The second-order valence-corrected chi connectivity index (χ2v) is 7.75. The molecule has 4 heteroatoms. The summed E-state index contributed by atoms with van der Waals surface area (Å²) < 4.78 is 0. The van der Waals surface area contributed by atoms with E-state index in [2.05, 4.69) is 50.4 Å². The lowest BCUT2D eigenvalue weighted by atomic mass is 9.87. The summed E-state index contributed by atoms with van der Waals surface area (Å²) in [6, 6.07) is 15.6. The second kappa shape index (κ2) is 8.17. The highest BCUT2D eigenvalue weighted by Gasteiger charge is 2.15. The van der Waals surface area contributed by atoms with E-state index in [4.69, 9.17) is 0 Å². The van der Waals surface area contributed by atoms with Crippen molar-refractivity contribution in [2.75, 3.05) is 13.6 Å². The molecular weight excluding hydrogens is 324 g/mol. The van der Waals surface area contributed by atoms with Gasteiger partial charge in [-0.2, -0.15) is 0 Å². The Bertz CT molecular complexity index is 756.